The number of aliphatic hydroxyl groups is 6. The van der Waals surface area contributed by atoms with Crippen molar-refractivity contribution in [2.45, 2.75) is 83.4 Å². The van der Waals surface area contributed by atoms with E-state index in [9.17, 15) is 34.3 Å². The Morgan fingerprint density at radius 1 is 0.694 bits per heavy atom. The van der Waals surface area contributed by atoms with E-state index < -0.39 is 43.0 Å². The number of hydrogen-bond acceptors (Lipinski definition) is 6. The molecule has 6 nitrogen and oxygen atoms in total. The van der Waals surface area contributed by atoms with E-state index in [-0.39, 0.29) is 24.0 Å². The van der Waals surface area contributed by atoms with Gasteiger partial charge in [-0.05, 0) is 78.3 Å². The van der Waals surface area contributed by atoms with E-state index in [1.807, 2.05) is 26.8 Å². The molecule has 0 radical (unpaired) electrons. The third-order valence-electron chi connectivity index (χ3n) is 6.90. The zero-order valence-corrected chi connectivity index (χ0v) is 21.2. The van der Waals surface area contributed by atoms with Gasteiger partial charge in [0.25, 0.3) is 0 Å². The number of aryl methyl sites for hydroxylation is 2. The number of hydrogen-bond donors (Lipinski definition) is 6. The molecule has 0 spiro atoms. The first-order valence-electron chi connectivity index (χ1n) is 12.6. The fraction of sp³-hybridized carbons (Fsp3) is 0.571. The van der Waals surface area contributed by atoms with Gasteiger partial charge in [0, 0.05) is 0 Å². The van der Waals surface area contributed by atoms with Crippen LogP contribution in [0.4, 0.5) is 8.78 Å². The van der Waals surface area contributed by atoms with Gasteiger partial charge in [0.2, 0.25) is 0 Å². The van der Waals surface area contributed by atoms with Crippen LogP contribution in [0.25, 0.3) is 0 Å². The molecule has 36 heavy (non-hydrogen) atoms. The highest BCUT2D eigenvalue weighted by Crippen LogP contribution is 2.28. The summed E-state index contributed by atoms with van der Waals surface area (Å²) in [6, 6.07) is 9.89. The topological polar surface area (TPSA) is 121 Å². The molecule has 202 valence electrons. The predicted molar refractivity (Wildman–Crippen MR) is 133 cm³/mol. The molecule has 8 heteroatoms. The van der Waals surface area contributed by atoms with Crippen molar-refractivity contribution in [1.29, 1.82) is 0 Å². The van der Waals surface area contributed by atoms with Crippen molar-refractivity contribution in [3.63, 3.8) is 0 Å². The molecule has 2 rings (SSSR count). The summed E-state index contributed by atoms with van der Waals surface area (Å²) in [5.41, 5.74) is 2.55. The molecule has 0 saturated carbocycles. The summed E-state index contributed by atoms with van der Waals surface area (Å²) in [6.45, 7) is 4.79. The Balaban J connectivity index is 2.24. The minimum Gasteiger partial charge on any atom is -0.394 e. The van der Waals surface area contributed by atoms with Crippen LogP contribution in [0.1, 0.15) is 49.4 Å². The van der Waals surface area contributed by atoms with Gasteiger partial charge in [0.05, 0.1) is 12.7 Å². The fourth-order valence-corrected chi connectivity index (χ4v) is 4.68. The average molecular weight is 511 g/mol. The van der Waals surface area contributed by atoms with Crippen molar-refractivity contribution in [2.24, 2.45) is 11.8 Å². The lowest BCUT2D eigenvalue weighted by molar-refractivity contribution is -0.149. The van der Waals surface area contributed by atoms with Crippen molar-refractivity contribution >= 4 is 0 Å². The second-order valence-electron chi connectivity index (χ2n) is 9.78. The van der Waals surface area contributed by atoms with E-state index in [1.165, 1.54) is 12.1 Å². The molecule has 0 saturated heterocycles. The van der Waals surface area contributed by atoms with Gasteiger partial charge in [-0.3, -0.25) is 0 Å². The van der Waals surface area contributed by atoms with Crippen LogP contribution in [-0.4, -0.2) is 67.8 Å². The van der Waals surface area contributed by atoms with Gasteiger partial charge in [-0.25, -0.2) is 8.78 Å². The molecule has 0 fully saturated rings. The second-order valence-corrected chi connectivity index (χ2v) is 9.78. The van der Waals surface area contributed by atoms with Crippen molar-refractivity contribution in [2.75, 3.05) is 6.61 Å². The molecule has 7 atom stereocenters. The summed E-state index contributed by atoms with van der Waals surface area (Å²) in [6.07, 6.45) is -6.73. The fourth-order valence-electron chi connectivity index (χ4n) is 4.68. The molecule has 6 N–H and O–H groups in total. The summed E-state index contributed by atoms with van der Waals surface area (Å²) in [5, 5.41) is 60.6. The molecule has 0 amide bonds. The Labute approximate surface area is 211 Å². The molecule has 0 aliphatic heterocycles. The lowest BCUT2D eigenvalue weighted by Crippen LogP contribution is -2.52. The molecule has 3 unspecified atom stereocenters. The van der Waals surface area contributed by atoms with Crippen molar-refractivity contribution in [3.05, 3.63) is 70.3 Å². The Morgan fingerprint density at radius 3 is 1.61 bits per heavy atom. The van der Waals surface area contributed by atoms with Gasteiger partial charge in [-0.1, -0.05) is 45.0 Å². The first-order chi connectivity index (χ1) is 17.0. The van der Waals surface area contributed by atoms with E-state index in [4.69, 9.17) is 5.11 Å². The third kappa shape index (κ3) is 8.03. The molecule has 0 aliphatic carbocycles. The van der Waals surface area contributed by atoms with E-state index in [1.54, 1.807) is 18.2 Å². The van der Waals surface area contributed by atoms with Crippen LogP contribution in [0.2, 0.25) is 0 Å². The third-order valence-corrected chi connectivity index (χ3v) is 6.90. The van der Waals surface area contributed by atoms with Gasteiger partial charge < -0.3 is 30.6 Å². The normalized spacial score (nSPS) is 17.8. The first kappa shape index (κ1) is 30.3. The van der Waals surface area contributed by atoms with E-state index in [0.717, 1.165) is 5.56 Å². The maximum absolute atomic E-state index is 14.4. The standard InChI is InChI=1S/C28H40F2O6/c1-4-19-8-6-17(13-22(19)29)10-16(3)11-21(12-18-7-9-20(5-2)23(30)14-18)25(33)27(35)28(36)26(34)24(32)15-31/h6-9,13-14,16,21,24-28,31-36H,4-5,10-12,15H2,1-3H3/t16?,21?,24-,25?,26+,27+,28-/m0/s1. The van der Waals surface area contributed by atoms with E-state index in [0.29, 0.717) is 42.4 Å². The number of benzene rings is 2. The zero-order valence-electron chi connectivity index (χ0n) is 21.2. The Bertz CT molecular complexity index is 956. The van der Waals surface area contributed by atoms with Gasteiger partial charge >= 0.3 is 0 Å². The molecule has 0 aliphatic rings. The molecule has 0 aromatic heterocycles. The maximum Gasteiger partial charge on any atom is 0.126 e. The predicted octanol–water partition coefficient (Wildman–Crippen LogP) is 2.31. The smallest absolute Gasteiger partial charge is 0.126 e. The number of aliphatic hydroxyl groups excluding tert-OH is 6. The molecule has 2 aromatic rings. The van der Waals surface area contributed by atoms with Crippen molar-refractivity contribution in [3.8, 4) is 0 Å². The van der Waals surface area contributed by atoms with Crippen LogP contribution in [0, 0.1) is 23.5 Å². The summed E-state index contributed by atoms with van der Waals surface area (Å²) >= 11 is 0. The molecule has 0 bridgehead atoms. The Kier molecular flexibility index (Phi) is 11.9. The van der Waals surface area contributed by atoms with Crippen LogP contribution in [-0.2, 0) is 25.7 Å². The highest BCUT2D eigenvalue weighted by atomic mass is 19.1. The Morgan fingerprint density at radius 2 is 1.17 bits per heavy atom. The SMILES string of the molecule is CCc1ccc(CC(C)CC(Cc2ccc(CC)c(F)c2)C(O)[C@@H](O)[C@@H](O)[C@H](O)[C@@H](O)CO)cc1F. The lowest BCUT2D eigenvalue weighted by Gasteiger charge is -2.34. The van der Waals surface area contributed by atoms with E-state index in [2.05, 4.69) is 0 Å². The van der Waals surface area contributed by atoms with E-state index >= 15 is 0 Å². The summed E-state index contributed by atoms with van der Waals surface area (Å²) < 4.78 is 28.6. The van der Waals surface area contributed by atoms with Gasteiger partial charge in [-0.2, -0.15) is 0 Å². The molecular formula is C28H40F2O6. The van der Waals surface area contributed by atoms with Crippen LogP contribution >= 0.6 is 0 Å². The molecule has 0 heterocycles. The highest BCUT2D eigenvalue weighted by molar-refractivity contribution is 5.26. The van der Waals surface area contributed by atoms with Gasteiger partial charge in [0.15, 0.2) is 0 Å². The number of halogens is 2. The second kappa shape index (κ2) is 14.1. The van der Waals surface area contributed by atoms with Gasteiger partial charge in [0.1, 0.15) is 36.1 Å². The minimum atomic E-state index is -1.92. The van der Waals surface area contributed by atoms with Crippen molar-refractivity contribution < 1.29 is 39.4 Å². The van der Waals surface area contributed by atoms with Crippen molar-refractivity contribution in [1.82, 2.24) is 0 Å². The highest BCUT2D eigenvalue weighted by Gasteiger charge is 2.37. The largest absolute Gasteiger partial charge is 0.394 e. The monoisotopic (exact) mass is 510 g/mol. The quantitative estimate of drug-likeness (QED) is 0.232. The van der Waals surface area contributed by atoms with Crippen LogP contribution in [0.3, 0.4) is 0 Å². The Hall–Kier alpha value is -1.94. The molecule has 2 aromatic carbocycles. The number of rotatable bonds is 14. The van der Waals surface area contributed by atoms with Gasteiger partial charge in [-0.15, -0.1) is 0 Å². The lowest BCUT2D eigenvalue weighted by atomic mass is 9.80. The zero-order chi connectivity index (χ0) is 27.0. The summed E-state index contributed by atoms with van der Waals surface area (Å²) in [7, 11) is 0. The van der Waals surface area contributed by atoms with Crippen LogP contribution in [0.15, 0.2) is 36.4 Å². The van der Waals surface area contributed by atoms with Crippen LogP contribution in [0.5, 0.6) is 0 Å². The summed E-state index contributed by atoms with van der Waals surface area (Å²) in [5.74, 6) is -1.38. The molecular weight excluding hydrogens is 470 g/mol. The summed E-state index contributed by atoms with van der Waals surface area (Å²) in [4.78, 5) is 0. The van der Waals surface area contributed by atoms with Crippen LogP contribution < -0.4 is 0 Å². The first-order valence-corrected chi connectivity index (χ1v) is 12.6. The maximum atomic E-state index is 14.4. The minimum absolute atomic E-state index is 0.0754. The average Bonchev–Trinajstić information content (AvgIpc) is 2.86.